The second-order valence-corrected chi connectivity index (χ2v) is 9.39. The number of rotatable bonds is 6. The number of fused-ring (bicyclic) bond motifs is 1. The highest BCUT2D eigenvalue weighted by Gasteiger charge is 2.27. The van der Waals surface area contributed by atoms with Crippen LogP contribution >= 0.6 is 22.7 Å². The standard InChI is InChI=1S/C22H21N5OS2/c1-13-19(21-26-16-7-2-3-10-18(16)30-21)20(25-15-8-4-9-17(15)28)27-22(24-13)23-12-14-6-5-11-29-14/h2-3,5-7,10-11,15H,4,8-9,12H2,1H3,(H2,23,24,25,27)/t15-/m1/s1. The number of carbonyl (C=O) groups is 1. The van der Waals surface area contributed by atoms with Gasteiger partial charge in [0.15, 0.2) is 5.78 Å². The van der Waals surface area contributed by atoms with Crippen molar-refractivity contribution in [2.45, 2.75) is 38.8 Å². The molecule has 0 unspecified atom stereocenters. The van der Waals surface area contributed by atoms with E-state index in [1.165, 1.54) is 4.88 Å². The van der Waals surface area contributed by atoms with Crippen LogP contribution in [0, 0.1) is 6.92 Å². The van der Waals surface area contributed by atoms with Crippen molar-refractivity contribution >= 4 is 50.4 Å². The quantitative estimate of drug-likeness (QED) is 0.430. The molecular formula is C22H21N5OS2. The van der Waals surface area contributed by atoms with Gasteiger partial charge in [-0.2, -0.15) is 4.98 Å². The van der Waals surface area contributed by atoms with Gasteiger partial charge in [-0.1, -0.05) is 18.2 Å². The number of Topliss-reactive ketones (excluding diaryl/α,β-unsaturated/α-hetero) is 1. The van der Waals surface area contributed by atoms with E-state index in [-0.39, 0.29) is 11.8 Å². The Morgan fingerprint density at radius 3 is 2.80 bits per heavy atom. The maximum atomic E-state index is 12.3. The molecule has 0 amide bonds. The van der Waals surface area contributed by atoms with E-state index in [1.54, 1.807) is 22.7 Å². The van der Waals surface area contributed by atoms with Crippen LogP contribution < -0.4 is 10.6 Å². The largest absolute Gasteiger partial charge is 0.360 e. The van der Waals surface area contributed by atoms with Gasteiger partial charge in [0.05, 0.1) is 34.1 Å². The first-order valence-corrected chi connectivity index (χ1v) is 11.7. The number of hydrogen-bond donors (Lipinski definition) is 2. The Morgan fingerprint density at radius 1 is 1.13 bits per heavy atom. The van der Waals surface area contributed by atoms with Gasteiger partial charge in [-0.15, -0.1) is 22.7 Å². The minimum absolute atomic E-state index is 0.197. The lowest BCUT2D eigenvalue weighted by molar-refractivity contribution is -0.118. The van der Waals surface area contributed by atoms with Gasteiger partial charge in [0.1, 0.15) is 10.8 Å². The summed E-state index contributed by atoms with van der Waals surface area (Å²) < 4.78 is 1.12. The second kappa shape index (κ2) is 8.12. The van der Waals surface area contributed by atoms with Gasteiger partial charge in [-0.05, 0) is 43.3 Å². The van der Waals surface area contributed by atoms with Gasteiger partial charge >= 0.3 is 0 Å². The molecule has 0 spiro atoms. The topological polar surface area (TPSA) is 79.8 Å². The van der Waals surface area contributed by atoms with Crippen molar-refractivity contribution in [1.29, 1.82) is 0 Å². The Balaban J connectivity index is 1.54. The van der Waals surface area contributed by atoms with Crippen molar-refractivity contribution in [2.24, 2.45) is 0 Å². The number of aryl methyl sites for hydroxylation is 1. The molecule has 3 aromatic heterocycles. The minimum atomic E-state index is -0.197. The van der Waals surface area contributed by atoms with Crippen LogP contribution in [0.15, 0.2) is 41.8 Å². The number of anilines is 2. The van der Waals surface area contributed by atoms with E-state index >= 15 is 0 Å². The number of thiazole rings is 1. The summed E-state index contributed by atoms with van der Waals surface area (Å²) in [5.74, 6) is 1.48. The summed E-state index contributed by atoms with van der Waals surface area (Å²) in [6.07, 6.45) is 2.38. The Kier molecular flexibility index (Phi) is 5.18. The van der Waals surface area contributed by atoms with E-state index in [9.17, 15) is 4.79 Å². The molecule has 6 nitrogen and oxygen atoms in total. The van der Waals surface area contributed by atoms with Gasteiger partial charge < -0.3 is 10.6 Å². The molecule has 1 aromatic carbocycles. The highest BCUT2D eigenvalue weighted by atomic mass is 32.1. The zero-order chi connectivity index (χ0) is 20.5. The number of carbonyl (C=O) groups excluding carboxylic acids is 1. The summed E-state index contributed by atoms with van der Waals surface area (Å²) in [7, 11) is 0. The summed E-state index contributed by atoms with van der Waals surface area (Å²) >= 11 is 3.31. The molecule has 1 saturated carbocycles. The number of aromatic nitrogens is 3. The predicted molar refractivity (Wildman–Crippen MR) is 123 cm³/mol. The Bertz CT molecular complexity index is 1170. The summed E-state index contributed by atoms with van der Waals surface area (Å²) in [5.41, 5.74) is 2.67. The van der Waals surface area contributed by atoms with Crippen LogP contribution in [0.3, 0.4) is 0 Å². The smallest absolute Gasteiger partial charge is 0.225 e. The van der Waals surface area contributed by atoms with Crippen molar-refractivity contribution in [2.75, 3.05) is 10.6 Å². The molecule has 1 atom stereocenters. The van der Waals surface area contributed by atoms with Gasteiger partial charge in [0.2, 0.25) is 5.95 Å². The lowest BCUT2D eigenvalue weighted by Gasteiger charge is -2.17. The number of para-hydroxylation sites is 1. The molecule has 30 heavy (non-hydrogen) atoms. The van der Waals surface area contributed by atoms with Crippen LogP contribution in [0.25, 0.3) is 20.8 Å². The average Bonchev–Trinajstić information content (AvgIpc) is 3.48. The van der Waals surface area contributed by atoms with Gasteiger partial charge in [0.25, 0.3) is 0 Å². The first kappa shape index (κ1) is 19.1. The van der Waals surface area contributed by atoms with E-state index in [1.807, 2.05) is 31.2 Å². The van der Waals surface area contributed by atoms with Crippen LogP contribution in [-0.2, 0) is 11.3 Å². The van der Waals surface area contributed by atoms with Gasteiger partial charge in [-0.3, -0.25) is 4.79 Å². The van der Waals surface area contributed by atoms with Crippen molar-refractivity contribution < 1.29 is 4.79 Å². The molecule has 0 bridgehead atoms. The fourth-order valence-electron chi connectivity index (χ4n) is 3.70. The molecule has 3 heterocycles. The molecule has 0 aliphatic heterocycles. The first-order valence-electron chi connectivity index (χ1n) is 9.97. The second-order valence-electron chi connectivity index (χ2n) is 7.33. The van der Waals surface area contributed by atoms with Crippen molar-refractivity contribution in [3.8, 4) is 10.6 Å². The maximum Gasteiger partial charge on any atom is 0.225 e. The highest BCUT2D eigenvalue weighted by molar-refractivity contribution is 7.21. The Morgan fingerprint density at radius 2 is 2.03 bits per heavy atom. The number of nitrogens with zero attached hydrogens (tertiary/aromatic N) is 3. The summed E-state index contributed by atoms with van der Waals surface area (Å²) in [5, 5.41) is 9.64. The van der Waals surface area contributed by atoms with E-state index in [2.05, 4.69) is 28.1 Å². The minimum Gasteiger partial charge on any atom is -0.360 e. The van der Waals surface area contributed by atoms with Crippen LogP contribution in [0.1, 0.15) is 29.8 Å². The average molecular weight is 436 g/mol. The van der Waals surface area contributed by atoms with Gasteiger partial charge in [-0.25, -0.2) is 9.97 Å². The molecular weight excluding hydrogens is 414 g/mol. The molecule has 1 aliphatic rings. The third kappa shape index (κ3) is 3.80. The highest BCUT2D eigenvalue weighted by Crippen LogP contribution is 2.37. The van der Waals surface area contributed by atoms with Crippen molar-refractivity contribution in [3.63, 3.8) is 0 Å². The third-order valence-electron chi connectivity index (χ3n) is 5.21. The van der Waals surface area contributed by atoms with E-state index in [0.29, 0.717) is 24.7 Å². The Hall–Kier alpha value is -2.84. The fraction of sp³-hybridized carbons (Fsp3) is 0.273. The zero-order valence-electron chi connectivity index (χ0n) is 16.5. The van der Waals surface area contributed by atoms with E-state index in [0.717, 1.165) is 39.3 Å². The van der Waals surface area contributed by atoms with Crippen LogP contribution in [0.5, 0.6) is 0 Å². The number of benzene rings is 1. The van der Waals surface area contributed by atoms with Crippen LogP contribution in [0.4, 0.5) is 11.8 Å². The summed E-state index contributed by atoms with van der Waals surface area (Å²) in [4.78, 5) is 27.8. The number of ketones is 1. The lowest BCUT2D eigenvalue weighted by atomic mass is 10.2. The number of thiophene rings is 1. The molecule has 2 N–H and O–H groups in total. The van der Waals surface area contributed by atoms with Crippen LogP contribution in [-0.4, -0.2) is 26.8 Å². The normalized spacial score (nSPS) is 16.3. The molecule has 4 aromatic rings. The van der Waals surface area contributed by atoms with Crippen LogP contribution in [0.2, 0.25) is 0 Å². The third-order valence-corrected chi connectivity index (χ3v) is 7.14. The monoisotopic (exact) mass is 435 g/mol. The lowest BCUT2D eigenvalue weighted by Crippen LogP contribution is -2.25. The molecule has 8 heteroatoms. The molecule has 1 aliphatic carbocycles. The summed E-state index contributed by atoms with van der Waals surface area (Å²) in [6.45, 7) is 2.64. The van der Waals surface area contributed by atoms with Crippen molar-refractivity contribution in [1.82, 2.24) is 15.0 Å². The van der Waals surface area contributed by atoms with E-state index in [4.69, 9.17) is 15.0 Å². The molecule has 0 saturated heterocycles. The molecule has 0 radical (unpaired) electrons. The maximum absolute atomic E-state index is 12.3. The van der Waals surface area contributed by atoms with Crippen molar-refractivity contribution in [3.05, 3.63) is 52.3 Å². The predicted octanol–water partition coefficient (Wildman–Crippen LogP) is 5.27. The fourth-order valence-corrected chi connectivity index (χ4v) is 5.41. The number of hydrogen-bond acceptors (Lipinski definition) is 8. The SMILES string of the molecule is Cc1nc(NCc2cccs2)nc(N[C@@H]2CCCC2=O)c1-c1nc2ccccc2s1. The summed E-state index contributed by atoms with van der Waals surface area (Å²) in [6, 6.07) is 12.0. The van der Waals surface area contributed by atoms with E-state index < -0.39 is 0 Å². The first-order chi connectivity index (χ1) is 14.7. The molecule has 1 fully saturated rings. The Labute approximate surface area is 182 Å². The van der Waals surface area contributed by atoms with Gasteiger partial charge in [0, 0.05) is 11.3 Å². The zero-order valence-corrected chi connectivity index (χ0v) is 18.1. The number of nitrogens with one attached hydrogen (secondary N) is 2. The molecule has 5 rings (SSSR count). The molecule has 152 valence electrons.